The number of fused-ring (bicyclic) bond motifs is 4. The summed E-state index contributed by atoms with van der Waals surface area (Å²) in [6.45, 7) is 0. The Kier molecular flexibility index (Phi) is 2.92. The monoisotopic (exact) mass is 248 g/mol. The van der Waals surface area contributed by atoms with Crippen molar-refractivity contribution in [3.05, 3.63) is 0 Å². The van der Waals surface area contributed by atoms with Crippen LogP contribution in [0.4, 0.5) is 0 Å². The van der Waals surface area contributed by atoms with Crippen LogP contribution in [0, 0.1) is 11.8 Å². The van der Waals surface area contributed by atoms with Crippen molar-refractivity contribution in [1.82, 2.24) is 4.90 Å². The number of hydrogen-bond acceptors (Lipinski definition) is 2. The van der Waals surface area contributed by atoms with Crippen LogP contribution in [-0.2, 0) is 0 Å². The minimum Gasteiger partial charge on any atom is -0.328 e. The van der Waals surface area contributed by atoms with Gasteiger partial charge in [-0.25, -0.2) is 0 Å². The largest absolute Gasteiger partial charge is 0.328 e. The Morgan fingerprint density at radius 1 is 0.667 bits per heavy atom. The van der Waals surface area contributed by atoms with Gasteiger partial charge in [-0.3, -0.25) is 4.90 Å². The molecule has 2 heteroatoms. The fourth-order valence-corrected chi connectivity index (χ4v) is 5.79. The van der Waals surface area contributed by atoms with Crippen molar-refractivity contribution in [2.75, 3.05) is 0 Å². The maximum atomic E-state index is 6.21. The fourth-order valence-electron chi connectivity index (χ4n) is 5.79. The highest BCUT2D eigenvalue weighted by atomic mass is 15.3. The maximum absolute atomic E-state index is 6.21. The van der Waals surface area contributed by atoms with Gasteiger partial charge in [0, 0.05) is 24.2 Å². The molecular weight excluding hydrogens is 220 g/mol. The maximum Gasteiger partial charge on any atom is 0.0116 e. The van der Waals surface area contributed by atoms with Gasteiger partial charge in [-0.2, -0.15) is 0 Å². The van der Waals surface area contributed by atoms with Gasteiger partial charge in [-0.1, -0.05) is 19.3 Å². The van der Waals surface area contributed by atoms with E-state index in [-0.39, 0.29) is 0 Å². The van der Waals surface area contributed by atoms with Crippen LogP contribution in [-0.4, -0.2) is 29.1 Å². The van der Waals surface area contributed by atoms with E-state index in [2.05, 4.69) is 4.90 Å². The Morgan fingerprint density at radius 3 is 1.89 bits per heavy atom. The summed E-state index contributed by atoms with van der Waals surface area (Å²) >= 11 is 0. The highest BCUT2D eigenvalue weighted by molar-refractivity contribution is 5.01. The summed E-state index contributed by atoms with van der Waals surface area (Å²) in [5, 5.41) is 0. The molecule has 4 fully saturated rings. The van der Waals surface area contributed by atoms with Crippen LogP contribution in [0.3, 0.4) is 0 Å². The van der Waals surface area contributed by atoms with Gasteiger partial charge in [0.1, 0.15) is 0 Å². The molecule has 2 nitrogen and oxygen atoms in total. The molecule has 2 saturated carbocycles. The minimum absolute atomic E-state index is 0.502. The second kappa shape index (κ2) is 4.49. The number of piperidine rings is 1. The van der Waals surface area contributed by atoms with Gasteiger partial charge in [0.2, 0.25) is 0 Å². The number of nitrogens with two attached hydrogens (primary N) is 1. The summed E-state index contributed by atoms with van der Waals surface area (Å²) in [4.78, 5) is 2.95. The van der Waals surface area contributed by atoms with Gasteiger partial charge in [0.25, 0.3) is 0 Å². The Bertz CT molecular complexity index is 290. The van der Waals surface area contributed by atoms with Crippen molar-refractivity contribution in [2.24, 2.45) is 17.6 Å². The fraction of sp³-hybridized carbons (Fsp3) is 1.00. The average molecular weight is 248 g/mol. The molecule has 4 rings (SSSR count). The molecule has 0 radical (unpaired) electrons. The summed E-state index contributed by atoms with van der Waals surface area (Å²) < 4.78 is 0. The summed E-state index contributed by atoms with van der Waals surface area (Å²) in [6.07, 6.45) is 14.6. The minimum atomic E-state index is 0.502. The van der Waals surface area contributed by atoms with Gasteiger partial charge in [-0.15, -0.1) is 0 Å². The van der Waals surface area contributed by atoms with Crippen molar-refractivity contribution in [3.8, 4) is 0 Å². The molecule has 4 bridgehead atoms. The average Bonchev–Trinajstić information content (AvgIpc) is 2.61. The third-order valence-corrected chi connectivity index (χ3v) is 6.35. The number of hydrogen-bond donors (Lipinski definition) is 1. The summed E-state index contributed by atoms with van der Waals surface area (Å²) in [5.74, 6) is 2.13. The van der Waals surface area contributed by atoms with E-state index in [0.717, 1.165) is 30.0 Å². The van der Waals surface area contributed by atoms with Crippen molar-refractivity contribution < 1.29 is 0 Å². The second-order valence-electron chi connectivity index (χ2n) is 7.59. The Morgan fingerprint density at radius 2 is 1.28 bits per heavy atom. The summed E-state index contributed by atoms with van der Waals surface area (Å²) in [7, 11) is 0. The predicted molar refractivity (Wildman–Crippen MR) is 74.3 cm³/mol. The van der Waals surface area contributed by atoms with Crippen molar-refractivity contribution in [2.45, 2.75) is 88.4 Å². The van der Waals surface area contributed by atoms with Crippen LogP contribution in [0.1, 0.15) is 64.2 Å². The normalized spacial score (nSPS) is 52.5. The molecule has 4 atom stereocenters. The Balaban J connectivity index is 1.50. The standard InChI is InChI=1S/C16H28N2/c17-13-9-14-4-5-15(10-13)18(14)16-7-11-2-1-3-12(6-11)8-16/h11-16H,1-10,17H2. The zero-order chi connectivity index (χ0) is 12.1. The van der Waals surface area contributed by atoms with Crippen LogP contribution in [0.5, 0.6) is 0 Å². The molecule has 0 amide bonds. The van der Waals surface area contributed by atoms with Gasteiger partial charge >= 0.3 is 0 Å². The van der Waals surface area contributed by atoms with E-state index in [1.807, 2.05) is 0 Å². The number of rotatable bonds is 1. The smallest absolute Gasteiger partial charge is 0.0116 e. The zero-order valence-electron chi connectivity index (χ0n) is 11.6. The molecule has 2 saturated heterocycles. The first-order chi connectivity index (χ1) is 8.79. The van der Waals surface area contributed by atoms with E-state index >= 15 is 0 Å². The van der Waals surface area contributed by atoms with Gasteiger partial charge in [-0.05, 0) is 56.8 Å². The third kappa shape index (κ3) is 1.92. The molecule has 0 aromatic heterocycles. The van der Waals surface area contributed by atoms with Crippen LogP contribution < -0.4 is 5.73 Å². The molecule has 0 spiro atoms. The second-order valence-corrected chi connectivity index (χ2v) is 7.59. The summed E-state index contributed by atoms with van der Waals surface area (Å²) in [5.41, 5.74) is 6.21. The van der Waals surface area contributed by atoms with Crippen LogP contribution in [0.15, 0.2) is 0 Å². The molecule has 18 heavy (non-hydrogen) atoms. The van der Waals surface area contributed by atoms with E-state index < -0.39 is 0 Å². The topological polar surface area (TPSA) is 29.3 Å². The van der Waals surface area contributed by atoms with Gasteiger partial charge in [0.05, 0.1) is 0 Å². The van der Waals surface area contributed by atoms with Gasteiger partial charge < -0.3 is 5.73 Å². The van der Waals surface area contributed by atoms with Crippen molar-refractivity contribution in [1.29, 1.82) is 0 Å². The lowest BCUT2D eigenvalue weighted by atomic mass is 9.69. The van der Waals surface area contributed by atoms with E-state index in [9.17, 15) is 0 Å². The molecule has 2 aliphatic carbocycles. The Hall–Kier alpha value is -0.0800. The molecule has 0 aromatic rings. The van der Waals surface area contributed by atoms with E-state index in [4.69, 9.17) is 5.73 Å². The summed E-state index contributed by atoms with van der Waals surface area (Å²) in [6, 6.07) is 3.13. The molecule has 2 heterocycles. The van der Waals surface area contributed by atoms with E-state index in [0.29, 0.717) is 6.04 Å². The van der Waals surface area contributed by atoms with E-state index in [1.165, 1.54) is 57.8 Å². The predicted octanol–water partition coefficient (Wildman–Crippen LogP) is 2.91. The molecule has 0 aromatic carbocycles. The van der Waals surface area contributed by atoms with Crippen LogP contribution in [0.25, 0.3) is 0 Å². The molecular formula is C16H28N2. The van der Waals surface area contributed by atoms with Crippen molar-refractivity contribution in [3.63, 3.8) is 0 Å². The van der Waals surface area contributed by atoms with Gasteiger partial charge in [0.15, 0.2) is 0 Å². The zero-order valence-corrected chi connectivity index (χ0v) is 11.6. The lowest BCUT2D eigenvalue weighted by Crippen LogP contribution is -2.54. The SMILES string of the molecule is NC1CC2CCC(C1)N2C1CC2CCCC(C2)C1. The lowest BCUT2D eigenvalue weighted by molar-refractivity contribution is 0.0159. The molecule has 2 aliphatic heterocycles. The highest BCUT2D eigenvalue weighted by Crippen LogP contribution is 2.46. The first-order valence-electron chi connectivity index (χ1n) is 8.32. The molecule has 2 N–H and O–H groups in total. The van der Waals surface area contributed by atoms with E-state index in [1.54, 1.807) is 6.42 Å². The molecule has 4 aliphatic rings. The Labute approximate surface area is 111 Å². The molecule has 4 unspecified atom stereocenters. The number of nitrogens with zero attached hydrogens (tertiary/aromatic N) is 1. The van der Waals surface area contributed by atoms with Crippen LogP contribution >= 0.6 is 0 Å². The first-order valence-corrected chi connectivity index (χ1v) is 8.32. The van der Waals surface area contributed by atoms with Crippen molar-refractivity contribution >= 4 is 0 Å². The third-order valence-electron chi connectivity index (χ3n) is 6.35. The quantitative estimate of drug-likeness (QED) is 0.773. The highest BCUT2D eigenvalue weighted by Gasteiger charge is 2.45. The lowest BCUT2D eigenvalue weighted by Gasteiger charge is -2.49. The van der Waals surface area contributed by atoms with Crippen LogP contribution in [0.2, 0.25) is 0 Å². The molecule has 102 valence electrons. The first kappa shape index (κ1) is 11.7.